The first kappa shape index (κ1) is 18.2. The van der Waals surface area contributed by atoms with Gasteiger partial charge in [0.25, 0.3) is 0 Å². The predicted molar refractivity (Wildman–Crippen MR) is 104 cm³/mol. The quantitative estimate of drug-likeness (QED) is 0.716. The van der Waals surface area contributed by atoms with Gasteiger partial charge < -0.3 is 14.0 Å². The summed E-state index contributed by atoms with van der Waals surface area (Å²) in [5.74, 6) is 1.03. The van der Waals surface area contributed by atoms with Crippen LogP contribution in [0.2, 0.25) is 0 Å². The van der Waals surface area contributed by atoms with Crippen LogP contribution in [-0.2, 0) is 22.4 Å². The van der Waals surface area contributed by atoms with Gasteiger partial charge in [-0.2, -0.15) is 0 Å². The van der Waals surface area contributed by atoms with Crippen molar-refractivity contribution in [3.63, 3.8) is 0 Å². The van der Waals surface area contributed by atoms with Crippen LogP contribution in [0.15, 0.2) is 30.3 Å². The fourth-order valence-corrected chi connectivity index (χ4v) is 4.01. The molecule has 27 heavy (non-hydrogen) atoms. The van der Waals surface area contributed by atoms with Crippen molar-refractivity contribution in [3.05, 3.63) is 41.7 Å². The molecule has 5 heteroatoms. The van der Waals surface area contributed by atoms with Gasteiger partial charge in [-0.15, -0.1) is 0 Å². The molecule has 1 fully saturated rings. The zero-order chi connectivity index (χ0) is 18.9. The van der Waals surface area contributed by atoms with E-state index in [2.05, 4.69) is 4.57 Å². The Bertz CT molecular complexity index is 810. The van der Waals surface area contributed by atoms with Crippen LogP contribution in [0.3, 0.4) is 0 Å². The summed E-state index contributed by atoms with van der Waals surface area (Å²) in [5.41, 5.74) is 2.14. The molecule has 2 aromatic rings. The highest BCUT2D eigenvalue weighted by molar-refractivity contribution is 5.89. The van der Waals surface area contributed by atoms with E-state index in [4.69, 9.17) is 14.5 Å². The minimum Gasteiger partial charge on any atom is -0.458 e. The average molecular weight is 368 g/mol. The highest BCUT2D eigenvalue weighted by Gasteiger charge is 2.43. The van der Waals surface area contributed by atoms with E-state index in [1.165, 1.54) is 6.42 Å². The molecule has 1 aliphatic carbocycles. The SMILES string of the molecule is COC(C)(COC(=O)c1nc(-c2ccccc2)n2c1CCCCC2)C1CC1. The van der Waals surface area contributed by atoms with E-state index < -0.39 is 5.60 Å². The van der Waals surface area contributed by atoms with E-state index in [1.54, 1.807) is 7.11 Å². The predicted octanol–water partition coefficient (Wildman–Crippen LogP) is 4.25. The van der Waals surface area contributed by atoms with Crippen molar-refractivity contribution in [3.8, 4) is 11.4 Å². The number of methoxy groups -OCH3 is 1. The molecule has 0 radical (unpaired) electrons. The van der Waals surface area contributed by atoms with Gasteiger partial charge in [0.2, 0.25) is 0 Å². The Hall–Kier alpha value is -2.14. The minimum atomic E-state index is -0.394. The molecular weight excluding hydrogens is 340 g/mol. The van der Waals surface area contributed by atoms with Crippen LogP contribution < -0.4 is 0 Å². The third-order valence-corrected chi connectivity index (χ3v) is 5.99. The standard InChI is InChI=1S/C22H28N2O3/c1-22(26-2,17-12-13-17)15-27-21(25)19-18-11-7-4-8-14-24(18)20(23-19)16-9-5-3-6-10-16/h3,5-6,9-10,17H,4,7-8,11-15H2,1-2H3. The van der Waals surface area contributed by atoms with E-state index in [1.807, 2.05) is 37.3 Å². The molecule has 0 N–H and O–H groups in total. The second kappa shape index (κ2) is 7.47. The Labute approximate surface area is 160 Å². The van der Waals surface area contributed by atoms with Crippen LogP contribution >= 0.6 is 0 Å². The van der Waals surface area contributed by atoms with E-state index in [9.17, 15) is 4.79 Å². The number of benzene rings is 1. The third-order valence-electron chi connectivity index (χ3n) is 5.99. The first-order chi connectivity index (χ1) is 13.1. The fraction of sp³-hybridized carbons (Fsp3) is 0.545. The smallest absolute Gasteiger partial charge is 0.358 e. The molecule has 2 aliphatic rings. The number of hydrogen-bond acceptors (Lipinski definition) is 4. The van der Waals surface area contributed by atoms with Gasteiger partial charge in [0.05, 0.1) is 5.69 Å². The Kier molecular flexibility index (Phi) is 5.04. The molecule has 0 bridgehead atoms. The Morgan fingerprint density at radius 1 is 1.22 bits per heavy atom. The van der Waals surface area contributed by atoms with Gasteiger partial charge in [-0.1, -0.05) is 36.8 Å². The highest BCUT2D eigenvalue weighted by Crippen LogP contribution is 2.41. The van der Waals surface area contributed by atoms with Gasteiger partial charge >= 0.3 is 5.97 Å². The molecule has 1 unspecified atom stereocenters. The van der Waals surface area contributed by atoms with Crippen molar-refractivity contribution in [1.29, 1.82) is 0 Å². The van der Waals surface area contributed by atoms with Crippen molar-refractivity contribution >= 4 is 5.97 Å². The molecule has 1 aromatic carbocycles. The third kappa shape index (κ3) is 3.65. The average Bonchev–Trinajstić information content (AvgIpc) is 3.52. The molecule has 1 aliphatic heterocycles. The van der Waals surface area contributed by atoms with Gasteiger partial charge in [0, 0.05) is 19.2 Å². The summed E-state index contributed by atoms with van der Waals surface area (Å²) in [5, 5.41) is 0. The maximum atomic E-state index is 12.9. The molecule has 1 aromatic heterocycles. The maximum absolute atomic E-state index is 12.9. The normalized spacial score (nSPS) is 19.0. The zero-order valence-electron chi connectivity index (χ0n) is 16.2. The van der Waals surface area contributed by atoms with Crippen LogP contribution in [0.4, 0.5) is 0 Å². The molecular formula is C22H28N2O3. The van der Waals surface area contributed by atoms with Crippen molar-refractivity contribution < 1.29 is 14.3 Å². The van der Waals surface area contributed by atoms with Gasteiger partial charge in [0.1, 0.15) is 18.0 Å². The maximum Gasteiger partial charge on any atom is 0.358 e. The lowest BCUT2D eigenvalue weighted by molar-refractivity contribution is -0.0631. The summed E-state index contributed by atoms with van der Waals surface area (Å²) in [4.78, 5) is 17.7. The first-order valence-corrected chi connectivity index (χ1v) is 9.99. The van der Waals surface area contributed by atoms with E-state index in [0.29, 0.717) is 11.6 Å². The minimum absolute atomic E-state index is 0.278. The summed E-state index contributed by atoms with van der Waals surface area (Å²) >= 11 is 0. The lowest BCUT2D eigenvalue weighted by Gasteiger charge is -2.27. The van der Waals surface area contributed by atoms with E-state index >= 15 is 0 Å². The van der Waals surface area contributed by atoms with Crippen LogP contribution in [0, 0.1) is 5.92 Å². The monoisotopic (exact) mass is 368 g/mol. The molecule has 4 rings (SSSR count). The summed E-state index contributed by atoms with van der Waals surface area (Å²) in [7, 11) is 1.70. The number of esters is 1. The van der Waals surface area contributed by atoms with Crippen molar-refractivity contribution in [2.75, 3.05) is 13.7 Å². The topological polar surface area (TPSA) is 53.4 Å². The van der Waals surface area contributed by atoms with Crippen LogP contribution in [0.5, 0.6) is 0 Å². The lowest BCUT2D eigenvalue weighted by Crippen LogP contribution is -2.37. The number of hydrogen-bond donors (Lipinski definition) is 0. The van der Waals surface area contributed by atoms with Gasteiger partial charge in [-0.05, 0) is 44.9 Å². The second-order valence-corrected chi connectivity index (χ2v) is 7.93. The Morgan fingerprint density at radius 3 is 2.70 bits per heavy atom. The highest BCUT2D eigenvalue weighted by atomic mass is 16.6. The summed E-state index contributed by atoms with van der Waals surface area (Å²) in [6, 6.07) is 10.1. The summed E-state index contributed by atoms with van der Waals surface area (Å²) < 4.78 is 13.6. The number of rotatable bonds is 6. The Morgan fingerprint density at radius 2 is 2.00 bits per heavy atom. The van der Waals surface area contributed by atoms with Crippen molar-refractivity contribution in [1.82, 2.24) is 9.55 Å². The Balaban J connectivity index is 1.62. The van der Waals surface area contributed by atoms with Crippen LogP contribution in [0.1, 0.15) is 55.2 Å². The number of ether oxygens (including phenoxy) is 2. The van der Waals surface area contributed by atoms with Crippen LogP contribution in [-0.4, -0.2) is 34.8 Å². The van der Waals surface area contributed by atoms with Crippen molar-refractivity contribution in [2.45, 2.75) is 57.6 Å². The number of nitrogens with zero attached hydrogens (tertiary/aromatic N) is 2. The summed E-state index contributed by atoms with van der Waals surface area (Å²) in [6.45, 7) is 3.21. The van der Waals surface area contributed by atoms with Gasteiger partial charge in [-0.25, -0.2) is 9.78 Å². The number of carbonyl (C=O) groups excluding carboxylic acids is 1. The fourth-order valence-electron chi connectivity index (χ4n) is 4.01. The molecule has 0 saturated heterocycles. The first-order valence-electron chi connectivity index (χ1n) is 9.99. The zero-order valence-corrected chi connectivity index (χ0v) is 16.2. The molecule has 2 heterocycles. The van der Waals surface area contributed by atoms with Gasteiger partial charge in [0.15, 0.2) is 5.69 Å². The largest absolute Gasteiger partial charge is 0.458 e. The molecule has 5 nitrogen and oxygen atoms in total. The van der Waals surface area contributed by atoms with Crippen LogP contribution in [0.25, 0.3) is 11.4 Å². The summed E-state index contributed by atoms with van der Waals surface area (Å²) in [6.07, 6.45) is 6.52. The second-order valence-electron chi connectivity index (χ2n) is 7.93. The molecule has 1 atom stereocenters. The molecule has 1 saturated carbocycles. The molecule has 0 spiro atoms. The molecule has 0 amide bonds. The molecule has 144 valence electrons. The van der Waals surface area contributed by atoms with Gasteiger partial charge in [-0.3, -0.25) is 0 Å². The van der Waals surface area contributed by atoms with E-state index in [-0.39, 0.29) is 12.6 Å². The number of imidazole rings is 1. The lowest BCUT2D eigenvalue weighted by atomic mass is 10.0. The number of carbonyl (C=O) groups is 1. The van der Waals surface area contributed by atoms with Crippen molar-refractivity contribution in [2.24, 2.45) is 5.92 Å². The van der Waals surface area contributed by atoms with E-state index in [0.717, 1.165) is 55.7 Å². The number of aromatic nitrogens is 2. The number of fused-ring (bicyclic) bond motifs is 1.